The summed E-state index contributed by atoms with van der Waals surface area (Å²) in [6.07, 6.45) is 1.25. The van der Waals surface area contributed by atoms with Gasteiger partial charge in [-0.3, -0.25) is 0 Å². The van der Waals surface area contributed by atoms with Crippen molar-refractivity contribution in [2.45, 2.75) is 54.9 Å². The van der Waals surface area contributed by atoms with E-state index >= 15 is 0 Å². The highest BCUT2D eigenvalue weighted by Gasteiger charge is 1.83. The van der Waals surface area contributed by atoms with Crippen LogP contribution in [0.25, 0.3) is 0 Å². The van der Waals surface area contributed by atoms with E-state index in [-0.39, 0.29) is 0 Å². The molecule has 0 aliphatic carbocycles. The first-order valence-electron chi connectivity index (χ1n) is 7.65. The van der Waals surface area contributed by atoms with Crippen molar-refractivity contribution in [2.24, 2.45) is 0 Å². The maximum Gasteiger partial charge on any atom is -0.0395 e. The highest BCUT2D eigenvalue weighted by Crippen LogP contribution is 2.02. The predicted octanol–water partition coefficient (Wildman–Crippen LogP) is 6.74. The van der Waals surface area contributed by atoms with Crippen LogP contribution in [-0.2, 0) is 0 Å². The van der Waals surface area contributed by atoms with E-state index in [1.807, 2.05) is 32.0 Å². The zero-order valence-electron chi connectivity index (χ0n) is 14.4. The molecule has 0 bridgehead atoms. The SMILES string of the molecule is CC.CCC.Cc1ccccc1.Cc1ccccc1C. The standard InChI is InChI=1S/C8H10.C7H8.C3H8.C2H6/c1-7-5-3-4-6-8(7)2;1-7-5-3-2-4-6-7;1-3-2;1-2/h3-6H,1-2H3;2-6H,1H3;3H2,1-2H3;1-2H3. The van der Waals surface area contributed by atoms with Crippen molar-refractivity contribution < 1.29 is 0 Å². The third kappa shape index (κ3) is 12.9. The fourth-order valence-electron chi connectivity index (χ4n) is 1.20. The second kappa shape index (κ2) is 15.5. The van der Waals surface area contributed by atoms with Gasteiger partial charge in [0, 0.05) is 0 Å². The fraction of sp³-hybridized carbons (Fsp3) is 0.400. The van der Waals surface area contributed by atoms with Gasteiger partial charge in [0.2, 0.25) is 0 Å². The average molecular weight is 272 g/mol. The Morgan fingerprint density at radius 1 is 0.600 bits per heavy atom. The van der Waals surface area contributed by atoms with E-state index in [4.69, 9.17) is 0 Å². The van der Waals surface area contributed by atoms with Gasteiger partial charge in [-0.15, -0.1) is 0 Å². The molecule has 0 nitrogen and oxygen atoms in total. The van der Waals surface area contributed by atoms with Crippen LogP contribution in [0.3, 0.4) is 0 Å². The van der Waals surface area contributed by atoms with Crippen molar-refractivity contribution in [1.82, 2.24) is 0 Å². The van der Waals surface area contributed by atoms with E-state index in [1.165, 1.54) is 23.1 Å². The Morgan fingerprint density at radius 3 is 1.10 bits per heavy atom. The Morgan fingerprint density at radius 2 is 0.900 bits per heavy atom. The number of rotatable bonds is 0. The molecule has 0 heteroatoms. The normalized spacial score (nSPS) is 7.95. The van der Waals surface area contributed by atoms with Crippen LogP contribution in [-0.4, -0.2) is 0 Å². The third-order valence-corrected chi connectivity index (χ3v) is 2.37. The first kappa shape index (κ1) is 20.8. The topological polar surface area (TPSA) is 0 Å². The van der Waals surface area contributed by atoms with Crippen LogP contribution >= 0.6 is 0 Å². The Bertz CT molecular complexity index is 380. The second-order valence-electron chi connectivity index (χ2n) is 4.45. The summed E-state index contributed by atoms with van der Waals surface area (Å²) < 4.78 is 0. The van der Waals surface area contributed by atoms with Gasteiger partial charge in [0.05, 0.1) is 0 Å². The molecule has 0 radical (unpaired) electrons. The molecule has 0 aliphatic heterocycles. The van der Waals surface area contributed by atoms with Crippen LogP contribution in [0.5, 0.6) is 0 Å². The number of benzene rings is 2. The van der Waals surface area contributed by atoms with Crippen LogP contribution in [0.2, 0.25) is 0 Å². The summed E-state index contributed by atoms with van der Waals surface area (Å²) in [5.74, 6) is 0. The number of aryl methyl sites for hydroxylation is 3. The van der Waals surface area contributed by atoms with Crippen molar-refractivity contribution in [3.63, 3.8) is 0 Å². The molecule has 2 aromatic rings. The monoisotopic (exact) mass is 272 g/mol. The van der Waals surface area contributed by atoms with E-state index in [0.29, 0.717) is 0 Å². The summed E-state index contributed by atoms with van der Waals surface area (Å²) >= 11 is 0. The Labute approximate surface area is 126 Å². The highest BCUT2D eigenvalue weighted by molar-refractivity contribution is 5.23. The average Bonchev–Trinajstić information content (AvgIpc) is 2.47. The summed E-state index contributed by atoms with van der Waals surface area (Å²) in [5, 5.41) is 0. The van der Waals surface area contributed by atoms with E-state index in [9.17, 15) is 0 Å². The maximum absolute atomic E-state index is 2.12. The van der Waals surface area contributed by atoms with E-state index in [0.717, 1.165) is 0 Å². The quantitative estimate of drug-likeness (QED) is 0.498. The fourth-order valence-corrected chi connectivity index (χ4v) is 1.20. The number of hydrogen-bond acceptors (Lipinski definition) is 0. The van der Waals surface area contributed by atoms with Crippen LogP contribution in [0, 0.1) is 20.8 Å². The van der Waals surface area contributed by atoms with Crippen LogP contribution < -0.4 is 0 Å². The van der Waals surface area contributed by atoms with Crippen LogP contribution in [0.4, 0.5) is 0 Å². The number of hydrogen-bond donors (Lipinski definition) is 0. The molecule has 0 N–H and O–H groups in total. The molecule has 112 valence electrons. The first-order chi connectivity index (χ1) is 9.61. The van der Waals surface area contributed by atoms with Crippen molar-refractivity contribution >= 4 is 0 Å². The lowest BCUT2D eigenvalue weighted by molar-refractivity contribution is 1.09. The summed E-state index contributed by atoms with van der Waals surface area (Å²) in [6, 6.07) is 18.6. The first-order valence-corrected chi connectivity index (χ1v) is 7.65. The maximum atomic E-state index is 2.12. The van der Waals surface area contributed by atoms with Gasteiger partial charge in [-0.25, -0.2) is 0 Å². The molecule has 0 fully saturated rings. The Hall–Kier alpha value is -1.56. The summed E-state index contributed by atoms with van der Waals surface area (Å²) in [6.45, 7) is 14.6. The molecule has 0 atom stereocenters. The largest absolute Gasteiger partial charge is 0.0683 e. The minimum Gasteiger partial charge on any atom is -0.0683 e. The minimum absolute atomic E-state index is 1.25. The molecule has 2 rings (SSSR count). The molecule has 2 aromatic carbocycles. The second-order valence-corrected chi connectivity index (χ2v) is 4.45. The molecule has 0 aliphatic rings. The van der Waals surface area contributed by atoms with E-state index in [1.54, 1.807) is 0 Å². The molecule has 20 heavy (non-hydrogen) atoms. The highest BCUT2D eigenvalue weighted by atomic mass is 13.9. The van der Waals surface area contributed by atoms with Gasteiger partial charge in [0.25, 0.3) is 0 Å². The van der Waals surface area contributed by atoms with Crippen molar-refractivity contribution in [2.75, 3.05) is 0 Å². The summed E-state index contributed by atoms with van der Waals surface area (Å²) in [7, 11) is 0. The lowest BCUT2D eigenvalue weighted by Crippen LogP contribution is -1.74. The van der Waals surface area contributed by atoms with Crippen LogP contribution in [0.1, 0.15) is 50.8 Å². The van der Waals surface area contributed by atoms with Gasteiger partial charge in [0.1, 0.15) is 0 Å². The summed E-state index contributed by atoms with van der Waals surface area (Å²) in [5.41, 5.74) is 4.06. The van der Waals surface area contributed by atoms with Crippen molar-refractivity contribution in [3.05, 3.63) is 71.3 Å². The van der Waals surface area contributed by atoms with Crippen LogP contribution in [0.15, 0.2) is 54.6 Å². The zero-order chi connectivity index (χ0) is 15.8. The van der Waals surface area contributed by atoms with Gasteiger partial charge in [0.15, 0.2) is 0 Å². The van der Waals surface area contributed by atoms with E-state index in [2.05, 4.69) is 71.0 Å². The molecular weight excluding hydrogens is 240 g/mol. The molecule has 0 spiro atoms. The molecule has 0 saturated heterocycles. The Balaban J connectivity index is 0. The zero-order valence-corrected chi connectivity index (χ0v) is 14.4. The predicted molar refractivity (Wildman–Crippen MR) is 94.4 cm³/mol. The minimum atomic E-state index is 1.25. The molecule has 0 aromatic heterocycles. The summed E-state index contributed by atoms with van der Waals surface area (Å²) in [4.78, 5) is 0. The van der Waals surface area contributed by atoms with Crippen molar-refractivity contribution in [1.29, 1.82) is 0 Å². The molecular formula is C20H32. The molecule has 0 amide bonds. The molecule has 0 unspecified atom stereocenters. The third-order valence-electron chi connectivity index (χ3n) is 2.37. The van der Waals surface area contributed by atoms with Gasteiger partial charge in [-0.2, -0.15) is 0 Å². The molecule has 0 heterocycles. The van der Waals surface area contributed by atoms with Crippen molar-refractivity contribution in [3.8, 4) is 0 Å². The lowest BCUT2D eigenvalue weighted by Gasteiger charge is -1.93. The van der Waals surface area contributed by atoms with Gasteiger partial charge < -0.3 is 0 Å². The van der Waals surface area contributed by atoms with Gasteiger partial charge in [-0.1, -0.05) is 94.3 Å². The Kier molecular flexibility index (Phi) is 16.1. The van der Waals surface area contributed by atoms with Gasteiger partial charge >= 0.3 is 0 Å². The lowest BCUT2D eigenvalue weighted by atomic mass is 10.1. The molecule has 0 saturated carbocycles. The van der Waals surface area contributed by atoms with E-state index < -0.39 is 0 Å². The van der Waals surface area contributed by atoms with Gasteiger partial charge in [-0.05, 0) is 31.9 Å². The smallest absolute Gasteiger partial charge is 0.0395 e.